The number of carbonyl (C=O) groups is 2. The molecule has 1 aromatic heterocycles. The predicted molar refractivity (Wildman–Crippen MR) is 114 cm³/mol. The van der Waals surface area contributed by atoms with Crippen LogP contribution in [-0.4, -0.2) is 53.4 Å². The van der Waals surface area contributed by atoms with Crippen molar-refractivity contribution in [3.63, 3.8) is 0 Å². The molecule has 6 nitrogen and oxygen atoms in total. The van der Waals surface area contributed by atoms with Crippen LogP contribution in [0.3, 0.4) is 0 Å². The quantitative estimate of drug-likeness (QED) is 0.808. The molecule has 1 aromatic carbocycles. The van der Waals surface area contributed by atoms with Crippen LogP contribution in [0.15, 0.2) is 36.5 Å². The van der Waals surface area contributed by atoms with Crippen LogP contribution in [-0.2, 0) is 4.79 Å². The maximum absolute atomic E-state index is 12.9. The largest absolute Gasteiger partial charge is 0.350 e. The van der Waals surface area contributed by atoms with Crippen molar-refractivity contribution in [3.8, 4) is 0 Å². The van der Waals surface area contributed by atoms with Crippen molar-refractivity contribution in [3.05, 3.63) is 42.1 Å². The molecular formula is C22H27ClN4O2. The van der Waals surface area contributed by atoms with Crippen LogP contribution >= 0.6 is 12.4 Å². The number of carbonyl (C=O) groups excluding carboxylic acids is 2. The minimum absolute atomic E-state index is 0. The number of rotatable bonds is 3. The van der Waals surface area contributed by atoms with E-state index in [1.165, 1.54) is 0 Å². The van der Waals surface area contributed by atoms with E-state index in [9.17, 15) is 9.59 Å². The van der Waals surface area contributed by atoms with E-state index in [4.69, 9.17) is 0 Å². The molecule has 5 rings (SSSR count). The van der Waals surface area contributed by atoms with Gasteiger partial charge in [0.1, 0.15) is 0 Å². The highest BCUT2D eigenvalue weighted by Crippen LogP contribution is 2.39. The molecule has 7 heteroatoms. The molecule has 154 valence electrons. The van der Waals surface area contributed by atoms with Crippen molar-refractivity contribution in [2.24, 2.45) is 11.8 Å². The van der Waals surface area contributed by atoms with Crippen LogP contribution in [0.5, 0.6) is 0 Å². The second-order valence-corrected chi connectivity index (χ2v) is 8.33. The van der Waals surface area contributed by atoms with E-state index in [-0.39, 0.29) is 30.3 Å². The monoisotopic (exact) mass is 414 g/mol. The van der Waals surface area contributed by atoms with E-state index >= 15 is 0 Å². The van der Waals surface area contributed by atoms with Gasteiger partial charge in [0.2, 0.25) is 5.91 Å². The van der Waals surface area contributed by atoms with Gasteiger partial charge in [0.15, 0.2) is 0 Å². The summed E-state index contributed by atoms with van der Waals surface area (Å²) >= 11 is 0. The highest BCUT2D eigenvalue weighted by molar-refractivity contribution is 6.05. The molecule has 0 unspecified atom stereocenters. The van der Waals surface area contributed by atoms with Crippen molar-refractivity contribution in [1.82, 2.24) is 20.5 Å². The molecule has 2 bridgehead atoms. The van der Waals surface area contributed by atoms with Gasteiger partial charge in [-0.1, -0.05) is 18.2 Å². The number of nitrogens with one attached hydrogen (secondary N) is 2. The summed E-state index contributed by atoms with van der Waals surface area (Å²) in [5.74, 6) is 1.11. The van der Waals surface area contributed by atoms with Gasteiger partial charge in [0.05, 0.1) is 17.1 Å². The van der Waals surface area contributed by atoms with Gasteiger partial charge in [0.25, 0.3) is 5.91 Å². The third-order valence-corrected chi connectivity index (χ3v) is 6.75. The summed E-state index contributed by atoms with van der Waals surface area (Å²) in [7, 11) is 0. The summed E-state index contributed by atoms with van der Waals surface area (Å²) in [4.78, 5) is 32.2. The Morgan fingerprint density at radius 3 is 2.93 bits per heavy atom. The summed E-state index contributed by atoms with van der Waals surface area (Å²) in [6, 6.07) is 9.91. The van der Waals surface area contributed by atoms with Crippen LogP contribution in [0.25, 0.3) is 10.9 Å². The maximum atomic E-state index is 12.9. The molecule has 3 saturated heterocycles. The van der Waals surface area contributed by atoms with Crippen molar-refractivity contribution >= 4 is 35.1 Å². The first-order chi connectivity index (χ1) is 13.7. The minimum atomic E-state index is -0.115. The average Bonchev–Trinajstić information content (AvgIpc) is 2.74. The zero-order valence-electron chi connectivity index (χ0n) is 16.3. The molecule has 4 heterocycles. The Balaban J connectivity index is 0.00000205. The van der Waals surface area contributed by atoms with Crippen molar-refractivity contribution in [2.75, 3.05) is 19.6 Å². The summed E-state index contributed by atoms with van der Waals surface area (Å²) in [5.41, 5.74) is 1.31. The van der Waals surface area contributed by atoms with Crippen molar-refractivity contribution < 1.29 is 9.59 Å². The van der Waals surface area contributed by atoms with E-state index in [0.29, 0.717) is 36.4 Å². The van der Waals surface area contributed by atoms with Crippen molar-refractivity contribution in [1.29, 1.82) is 0 Å². The highest BCUT2D eigenvalue weighted by Gasteiger charge is 2.47. The molecule has 3 aliphatic rings. The van der Waals surface area contributed by atoms with Crippen LogP contribution in [0.4, 0.5) is 0 Å². The first-order valence-electron chi connectivity index (χ1n) is 10.4. The molecule has 0 aliphatic carbocycles. The lowest BCUT2D eigenvalue weighted by Crippen LogP contribution is -2.66. The summed E-state index contributed by atoms with van der Waals surface area (Å²) in [6.45, 7) is 2.43. The Morgan fingerprint density at radius 2 is 2.03 bits per heavy atom. The van der Waals surface area contributed by atoms with Crippen LogP contribution in [0.1, 0.15) is 36.0 Å². The lowest BCUT2D eigenvalue weighted by molar-refractivity contribution is -0.148. The van der Waals surface area contributed by atoms with Crippen LogP contribution < -0.4 is 10.6 Å². The number of aromatic nitrogens is 1. The van der Waals surface area contributed by atoms with E-state index < -0.39 is 0 Å². The fourth-order valence-electron chi connectivity index (χ4n) is 5.48. The Hall–Kier alpha value is -2.18. The standard InChI is InChI=1S/C22H26N4O2.ClH/c27-20-8-2-7-18-15-10-16(12-23-11-15)19(26(18)20)13-25-22(28)17-6-1-4-14-5-3-9-24-21(14)17;/h1,3-6,9,15-16,18-19,23H,2,7-8,10-13H2,(H,25,28);1H/t15-,16+,18+,19+;/m1./s1. The summed E-state index contributed by atoms with van der Waals surface area (Å²) < 4.78 is 0. The molecule has 2 amide bonds. The smallest absolute Gasteiger partial charge is 0.253 e. The molecule has 0 spiro atoms. The number of hydrogen-bond acceptors (Lipinski definition) is 4. The molecule has 2 aromatic rings. The first kappa shape index (κ1) is 20.1. The molecule has 3 fully saturated rings. The number of pyridine rings is 1. The van der Waals surface area contributed by atoms with Gasteiger partial charge >= 0.3 is 0 Å². The number of benzene rings is 1. The predicted octanol–water partition coefficient (Wildman–Crippen LogP) is 2.38. The second-order valence-electron chi connectivity index (χ2n) is 8.33. The average molecular weight is 415 g/mol. The van der Waals surface area contributed by atoms with Gasteiger partial charge in [-0.2, -0.15) is 0 Å². The third kappa shape index (κ3) is 3.60. The molecular weight excluding hydrogens is 388 g/mol. The van der Waals surface area contributed by atoms with Crippen LogP contribution in [0.2, 0.25) is 0 Å². The zero-order valence-corrected chi connectivity index (χ0v) is 17.2. The number of halogens is 1. The topological polar surface area (TPSA) is 74.3 Å². The number of nitrogens with zero attached hydrogens (tertiary/aromatic N) is 2. The second kappa shape index (κ2) is 8.28. The van der Waals surface area contributed by atoms with E-state index in [2.05, 4.69) is 20.5 Å². The number of fused-ring (bicyclic) bond motifs is 5. The summed E-state index contributed by atoms with van der Waals surface area (Å²) in [6.07, 6.45) is 5.58. The van der Waals surface area contributed by atoms with E-state index in [1.54, 1.807) is 6.20 Å². The highest BCUT2D eigenvalue weighted by atomic mass is 35.5. The first-order valence-corrected chi connectivity index (χ1v) is 10.4. The Labute approximate surface area is 176 Å². The molecule has 4 atom stereocenters. The molecule has 0 saturated carbocycles. The van der Waals surface area contributed by atoms with E-state index in [1.807, 2.05) is 30.3 Å². The van der Waals surface area contributed by atoms with Gasteiger partial charge in [-0.05, 0) is 49.8 Å². The number of hydrogen-bond donors (Lipinski definition) is 2. The lowest BCUT2D eigenvalue weighted by Gasteiger charge is -2.54. The number of para-hydroxylation sites is 1. The molecule has 0 radical (unpaired) electrons. The van der Waals surface area contributed by atoms with Crippen LogP contribution in [0, 0.1) is 11.8 Å². The molecule has 29 heavy (non-hydrogen) atoms. The summed E-state index contributed by atoms with van der Waals surface area (Å²) in [5, 5.41) is 7.62. The SMILES string of the molecule is Cl.O=C(NC[C@H]1[C@@H]2CNC[C@@H](C2)[C@@H]2CCCC(=O)N21)c1cccc2cccnc12. The normalized spacial score (nSPS) is 28.4. The Bertz CT molecular complexity index is 915. The van der Waals surface area contributed by atoms with Gasteiger partial charge in [0, 0.05) is 37.1 Å². The van der Waals surface area contributed by atoms with Gasteiger partial charge in [-0.15, -0.1) is 12.4 Å². The molecule has 3 aliphatic heterocycles. The fourth-order valence-corrected chi connectivity index (χ4v) is 5.48. The maximum Gasteiger partial charge on any atom is 0.253 e. The van der Waals surface area contributed by atoms with Gasteiger partial charge in [-0.25, -0.2) is 0 Å². The Morgan fingerprint density at radius 1 is 1.21 bits per heavy atom. The van der Waals surface area contributed by atoms with Crippen molar-refractivity contribution in [2.45, 2.75) is 37.8 Å². The van der Waals surface area contributed by atoms with Gasteiger partial charge < -0.3 is 15.5 Å². The minimum Gasteiger partial charge on any atom is -0.350 e. The number of amides is 2. The van der Waals surface area contributed by atoms with E-state index in [0.717, 1.165) is 43.3 Å². The lowest BCUT2D eigenvalue weighted by atomic mass is 9.72. The Kier molecular flexibility index (Phi) is 5.74. The number of piperidine rings is 3. The molecule has 2 N–H and O–H groups in total. The zero-order chi connectivity index (χ0) is 19.1. The van der Waals surface area contributed by atoms with Gasteiger partial charge in [-0.3, -0.25) is 14.6 Å². The third-order valence-electron chi connectivity index (χ3n) is 6.75. The fraction of sp³-hybridized carbons (Fsp3) is 0.500.